The van der Waals surface area contributed by atoms with E-state index in [1.807, 2.05) is 0 Å². The molecule has 0 saturated carbocycles. The number of rotatable bonds is 6. The molecule has 0 bridgehead atoms. The number of amides is 2. The van der Waals surface area contributed by atoms with Crippen molar-refractivity contribution in [2.45, 2.75) is 25.8 Å². The predicted molar refractivity (Wildman–Crippen MR) is 69.8 cm³/mol. The van der Waals surface area contributed by atoms with Gasteiger partial charge in [-0.05, 0) is 6.42 Å². The molecule has 0 radical (unpaired) electrons. The summed E-state index contributed by atoms with van der Waals surface area (Å²) in [6, 6.07) is -0.162. The van der Waals surface area contributed by atoms with Gasteiger partial charge in [0.1, 0.15) is 0 Å². The summed E-state index contributed by atoms with van der Waals surface area (Å²) in [5.41, 5.74) is 5.17. The molecule has 1 atom stereocenters. The van der Waals surface area contributed by atoms with Crippen LogP contribution in [0.2, 0.25) is 0 Å². The molecule has 0 aromatic heterocycles. The molecule has 1 rings (SSSR count). The van der Waals surface area contributed by atoms with Crippen LogP contribution >= 0.6 is 11.8 Å². The molecule has 2 amide bonds. The molecular formula is C11H21N3O2S. The lowest BCUT2D eigenvalue weighted by atomic mass is 10.2. The fourth-order valence-electron chi connectivity index (χ4n) is 1.75. The molecule has 1 aliphatic heterocycles. The van der Waals surface area contributed by atoms with E-state index in [0.29, 0.717) is 6.54 Å². The van der Waals surface area contributed by atoms with Crippen LogP contribution in [-0.2, 0) is 9.59 Å². The Morgan fingerprint density at radius 1 is 1.53 bits per heavy atom. The highest BCUT2D eigenvalue weighted by molar-refractivity contribution is 7.99. The Kier molecular flexibility index (Phi) is 6.36. The molecule has 98 valence electrons. The lowest BCUT2D eigenvalue weighted by molar-refractivity contribution is -0.136. The molecule has 5 nitrogen and oxygen atoms in total. The summed E-state index contributed by atoms with van der Waals surface area (Å²) in [5, 5.41) is 3.18. The molecule has 1 aliphatic rings. The highest BCUT2D eigenvalue weighted by Crippen LogP contribution is 2.10. The highest BCUT2D eigenvalue weighted by atomic mass is 32.2. The number of unbranched alkanes of at least 4 members (excludes halogenated alkanes) is 1. The number of hydrogen-bond acceptors (Lipinski definition) is 4. The molecule has 0 spiro atoms. The second kappa shape index (κ2) is 7.55. The summed E-state index contributed by atoms with van der Waals surface area (Å²) in [6.45, 7) is 3.55. The monoisotopic (exact) mass is 259 g/mol. The minimum absolute atomic E-state index is 0.00412. The summed E-state index contributed by atoms with van der Waals surface area (Å²) in [6.07, 6.45) is 1.90. The zero-order chi connectivity index (χ0) is 12.7. The smallest absolute Gasteiger partial charge is 0.241 e. The van der Waals surface area contributed by atoms with Gasteiger partial charge in [-0.1, -0.05) is 13.3 Å². The predicted octanol–water partition coefficient (Wildman–Crippen LogP) is -0.195. The highest BCUT2D eigenvalue weighted by Gasteiger charge is 2.26. The van der Waals surface area contributed by atoms with E-state index >= 15 is 0 Å². The number of carbonyl (C=O) groups excluding carboxylic acids is 2. The maximum absolute atomic E-state index is 12.2. The van der Waals surface area contributed by atoms with Gasteiger partial charge in [0, 0.05) is 24.6 Å². The molecule has 1 heterocycles. The number of carbonyl (C=O) groups is 2. The number of hydrogen-bond donors (Lipinski definition) is 2. The first-order valence-corrected chi connectivity index (χ1v) is 7.18. The Bertz CT molecular complexity index is 267. The van der Waals surface area contributed by atoms with Gasteiger partial charge in [-0.15, -0.1) is 0 Å². The lowest BCUT2D eigenvalue weighted by Gasteiger charge is -2.29. The zero-order valence-corrected chi connectivity index (χ0v) is 11.1. The zero-order valence-electron chi connectivity index (χ0n) is 10.3. The van der Waals surface area contributed by atoms with Gasteiger partial charge in [0.25, 0.3) is 0 Å². The summed E-state index contributed by atoms with van der Waals surface area (Å²) in [7, 11) is 0. The van der Waals surface area contributed by atoms with Gasteiger partial charge < -0.3 is 16.0 Å². The Morgan fingerprint density at radius 3 is 2.82 bits per heavy atom. The van der Waals surface area contributed by atoms with Crippen LogP contribution in [0.4, 0.5) is 0 Å². The van der Waals surface area contributed by atoms with E-state index in [-0.39, 0.29) is 18.5 Å². The van der Waals surface area contributed by atoms with Crippen LogP contribution in [0.25, 0.3) is 0 Å². The molecule has 1 unspecified atom stereocenters. The minimum atomic E-state index is -0.446. The largest absolute Gasteiger partial charge is 0.368 e. The SMILES string of the molecule is CCCCN(CC(N)=O)C(=O)C1CSCCN1. The quantitative estimate of drug-likeness (QED) is 0.693. The number of nitrogens with zero attached hydrogens (tertiary/aromatic N) is 1. The number of nitrogens with one attached hydrogen (secondary N) is 1. The van der Waals surface area contributed by atoms with Gasteiger partial charge in [0.05, 0.1) is 12.6 Å². The summed E-state index contributed by atoms with van der Waals surface area (Å²) < 4.78 is 0. The Hall–Kier alpha value is -0.750. The Balaban J connectivity index is 2.53. The van der Waals surface area contributed by atoms with Crippen LogP contribution < -0.4 is 11.1 Å². The van der Waals surface area contributed by atoms with Crippen molar-refractivity contribution in [1.29, 1.82) is 0 Å². The number of nitrogens with two attached hydrogens (primary N) is 1. The average Bonchev–Trinajstić information content (AvgIpc) is 2.34. The normalized spacial score (nSPS) is 19.9. The van der Waals surface area contributed by atoms with Crippen LogP contribution in [-0.4, -0.2) is 53.9 Å². The van der Waals surface area contributed by atoms with E-state index in [4.69, 9.17) is 5.73 Å². The molecular weight excluding hydrogens is 238 g/mol. The van der Waals surface area contributed by atoms with Crippen LogP contribution in [0.5, 0.6) is 0 Å². The summed E-state index contributed by atoms with van der Waals surface area (Å²) in [4.78, 5) is 24.7. The molecule has 1 fully saturated rings. The van der Waals surface area contributed by atoms with Gasteiger partial charge in [0.15, 0.2) is 0 Å². The summed E-state index contributed by atoms with van der Waals surface area (Å²) in [5.74, 6) is 1.37. The second-order valence-corrected chi connectivity index (χ2v) is 5.31. The van der Waals surface area contributed by atoms with Gasteiger partial charge in [-0.3, -0.25) is 9.59 Å². The van der Waals surface area contributed by atoms with E-state index in [1.165, 1.54) is 0 Å². The molecule has 17 heavy (non-hydrogen) atoms. The molecule has 6 heteroatoms. The van der Waals surface area contributed by atoms with Crippen molar-refractivity contribution in [3.63, 3.8) is 0 Å². The second-order valence-electron chi connectivity index (χ2n) is 4.16. The van der Waals surface area contributed by atoms with E-state index in [0.717, 1.165) is 30.9 Å². The van der Waals surface area contributed by atoms with Gasteiger partial charge in [-0.25, -0.2) is 0 Å². The third-order valence-corrected chi connectivity index (χ3v) is 3.72. The standard InChI is InChI=1S/C11H21N3O2S/c1-2-3-5-14(7-10(12)15)11(16)9-8-17-6-4-13-9/h9,13H,2-8H2,1H3,(H2,12,15). The van der Waals surface area contributed by atoms with Crippen LogP contribution in [0, 0.1) is 0 Å². The molecule has 0 aromatic carbocycles. The topological polar surface area (TPSA) is 75.4 Å². The Morgan fingerprint density at radius 2 is 2.29 bits per heavy atom. The van der Waals surface area contributed by atoms with E-state index in [2.05, 4.69) is 12.2 Å². The van der Waals surface area contributed by atoms with Crippen molar-refractivity contribution in [3.05, 3.63) is 0 Å². The maximum atomic E-state index is 12.2. The lowest BCUT2D eigenvalue weighted by Crippen LogP contribution is -2.52. The molecule has 0 aliphatic carbocycles. The van der Waals surface area contributed by atoms with Crippen molar-refractivity contribution in [1.82, 2.24) is 10.2 Å². The average molecular weight is 259 g/mol. The third-order valence-electron chi connectivity index (χ3n) is 2.66. The maximum Gasteiger partial charge on any atom is 0.241 e. The summed E-state index contributed by atoms with van der Waals surface area (Å²) >= 11 is 1.77. The van der Waals surface area contributed by atoms with E-state index in [9.17, 15) is 9.59 Å². The minimum Gasteiger partial charge on any atom is -0.368 e. The number of primary amides is 1. The van der Waals surface area contributed by atoms with Crippen LogP contribution in [0.15, 0.2) is 0 Å². The van der Waals surface area contributed by atoms with Gasteiger partial charge in [-0.2, -0.15) is 11.8 Å². The molecule has 0 aromatic rings. The number of thioether (sulfide) groups is 1. The first-order chi connectivity index (χ1) is 8.15. The Labute approximate surface area is 106 Å². The first kappa shape index (κ1) is 14.3. The van der Waals surface area contributed by atoms with Crippen LogP contribution in [0.1, 0.15) is 19.8 Å². The van der Waals surface area contributed by atoms with Crippen molar-refractivity contribution in [3.8, 4) is 0 Å². The van der Waals surface area contributed by atoms with E-state index < -0.39 is 5.91 Å². The van der Waals surface area contributed by atoms with Crippen molar-refractivity contribution >= 4 is 23.6 Å². The molecule has 1 saturated heterocycles. The first-order valence-electron chi connectivity index (χ1n) is 6.03. The van der Waals surface area contributed by atoms with Crippen molar-refractivity contribution < 1.29 is 9.59 Å². The fraction of sp³-hybridized carbons (Fsp3) is 0.818. The van der Waals surface area contributed by atoms with Crippen molar-refractivity contribution in [2.24, 2.45) is 5.73 Å². The fourth-order valence-corrected chi connectivity index (χ4v) is 2.67. The van der Waals surface area contributed by atoms with Crippen molar-refractivity contribution in [2.75, 3.05) is 31.1 Å². The van der Waals surface area contributed by atoms with Gasteiger partial charge in [0.2, 0.25) is 11.8 Å². The van der Waals surface area contributed by atoms with Gasteiger partial charge >= 0.3 is 0 Å². The molecule has 3 N–H and O–H groups in total. The van der Waals surface area contributed by atoms with E-state index in [1.54, 1.807) is 16.7 Å². The van der Waals surface area contributed by atoms with Crippen LogP contribution in [0.3, 0.4) is 0 Å². The third kappa shape index (κ3) is 4.95.